The molecule has 1 fully saturated rings. The Hall–Kier alpha value is -1.69. The van der Waals surface area contributed by atoms with Crippen molar-refractivity contribution in [3.63, 3.8) is 0 Å². The van der Waals surface area contributed by atoms with Gasteiger partial charge in [0.1, 0.15) is 11.6 Å². The summed E-state index contributed by atoms with van der Waals surface area (Å²) in [5.74, 6) is 0.192. The summed E-state index contributed by atoms with van der Waals surface area (Å²) in [6.45, 7) is 9.08. The molecule has 0 radical (unpaired) electrons. The number of aliphatic imine (C=N–C) groups is 1. The highest BCUT2D eigenvalue weighted by Gasteiger charge is 2.31. The Kier molecular flexibility index (Phi) is 6.54. The normalized spacial score (nSPS) is 22.2. The Bertz CT molecular complexity index is 554. The number of hydrogen-bond acceptors (Lipinski definition) is 2. The van der Waals surface area contributed by atoms with E-state index in [-0.39, 0.29) is 12.0 Å². The van der Waals surface area contributed by atoms with Crippen LogP contribution in [0.5, 0.6) is 0 Å². The minimum atomic E-state index is -0.503. The fraction of sp³-hybridized carbons (Fsp3) is 0.611. The van der Waals surface area contributed by atoms with Crippen molar-refractivity contribution in [1.29, 1.82) is 0 Å². The first-order chi connectivity index (χ1) is 11.4. The first-order valence-electron chi connectivity index (χ1n) is 8.56. The average molecular weight is 338 g/mol. The lowest BCUT2D eigenvalue weighted by atomic mass is 10.1. The van der Waals surface area contributed by atoms with Crippen LogP contribution in [-0.2, 0) is 6.42 Å². The molecule has 6 heteroatoms. The molecular weight excluding hydrogens is 310 g/mol. The summed E-state index contributed by atoms with van der Waals surface area (Å²) in [5.41, 5.74) is 0.112. The third-order valence-electron chi connectivity index (χ3n) is 4.65. The summed E-state index contributed by atoms with van der Waals surface area (Å²) >= 11 is 0. The van der Waals surface area contributed by atoms with Crippen molar-refractivity contribution < 1.29 is 8.78 Å². The van der Waals surface area contributed by atoms with Gasteiger partial charge in [-0.2, -0.15) is 0 Å². The molecule has 0 spiro atoms. The van der Waals surface area contributed by atoms with Gasteiger partial charge in [0, 0.05) is 44.3 Å². The molecule has 1 aromatic rings. The van der Waals surface area contributed by atoms with E-state index in [4.69, 9.17) is 0 Å². The van der Waals surface area contributed by atoms with Crippen LogP contribution in [0.15, 0.2) is 23.2 Å². The van der Waals surface area contributed by atoms with Gasteiger partial charge < -0.3 is 10.6 Å². The predicted molar refractivity (Wildman–Crippen MR) is 94.2 cm³/mol. The fourth-order valence-electron chi connectivity index (χ4n) is 3.06. The van der Waals surface area contributed by atoms with E-state index >= 15 is 0 Å². The van der Waals surface area contributed by atoms with Crippen molar-refractivity contribution in [2.75, 3.05) is 26.7 Å². The van der Waals surface area contributed by atoms with Gasteiger partial charge in [0.05, 0.1) is 0 Å². The molecule has 1 aromatic carbocycles. The van der Waals surface area contributed by atoms with Gasteiger partial charge in [-0.15, -0.1) is 0 Å². The fourth-order valence-corrected chi connectivity index (χ4v) is 3.06. The van der Waals surface area contributed by atoms with Gasteiger partial charge in [0.25, 0.3) is 0 Å². The summed E-state index contributed by atoms with van der Waals surface area (Å²) < 4.78 is 27.3. The summed E-state index contributed by atoms with van der Waals surface area (Å²) in [7, 11) is 1.71. The Morgan fingerprint density at radius 1 is 1.29 bits per heavy atom. The van der Waals surface area contributed by atoms with Gasteiger partial charge in [-0.25, -0.2) is 8.78 Å². The van der Waals surface area contributed by atoms with Crippen molar-refractivity contribution in [2.45, 2.75) is 39.3 Å². The van der Waals surface area contributed by atoms with Crippen LogP contribution < -0.4 is 10.6 Å². The van der Waals surface area contributed by atoms with Gasteiger partial charge >= 0.3 is 0 Å². The summed E-state index contributed by atoms with van der Waals surface area (Å²) in [4.78, 5) is 6.66. The highest BCUT2D eigenvalue weighted by Crippen LogP contribution is 2.18. The number of halogens is 2. The third-order valence-corrected chi connectivity index (χ3v) is 4.65. The molecule has 134 valence electrons. The van der Waals surface area contributed by atoms with Crippen molar-refractivity contribution >= 4 is 5.96 Å². The monoisotopic (exact) mass is 338 g/mol. The topological polar surface area (TPSA) is 39.7 Å². The molecule has 0 amide bonds. The molecule has 0 saturated carbocycles. The zero-order chi connectivity index (χ0) is 17.7. The Morgan fingerprint density at radius 2 is 1.96 bits per heavy atom. The molecule has 4 nitrogen and oxygen atoms in total. The van der Waals surface area contributed by atoms with Crippen LogP contribution in [0.2, 0.25) is 0 Å². The van der Waals surface area contributed by atoms with Crippen molar-refractivity contribution in [3.8, 4) is 0 Å². The van der Waals surface area contributed by atoms with E-state index in [1.165, 1.54) is 18.2 Å². The lowest BCUT2D eigenvalue weighted by molar-refractivity contribution is 0.265. The molecule has 0 bridgehead atoms. The molecule has 2 rings (SSSR count). The zero-order valence-electron chi connectivity index (χ0n) is 14.9. The lowest BCUT2D eigenvalue weighted by Gasteiger charge is -2.22. The first kappa shape index (κ1) is 18.6. The number of hydrogen-bond donors (Lipinski definition) is 2. The van der Waals surface area contributed by atoms with E-state index in [9.17, 15) is 8.78 Å². The molecule has 24 heavy (non-hydrogen) atoms. The van der Waals surface area contributed by atoms with Crippen LogP contribution in [0, 0.1) is 17.6 Å². The molecule has 1 aliphatic rings. The molecule has 0 aromatic heterocycles. The minimum absolute atomic E-state index is 0.112. The molecule has 2 N–H and O–H groups in total. The number of guanidine groups is 1. The largest absolute Gasteiger partial charge is 0.356 e. The molecule has 0 aliphatic carbocycles. The SMILES string of the molecule is CN=C(NCCc1c(F)cccc1F)NC1CN(C(C)C)CC1C. The summed E-state index contributed by atoms with van der Waals surface area (Å²) in [6.07, 6.45) is 0.275. The summed E-state index contributed by atoms with van der Waals surface area (Å²) in [6, 6.07) is 4.80. The molecule has 1 heterocycles. The van der Waals surface area contributed by atoms with E-state index in [2.05, 4.69) is 41.3 Å². The van der Waals surface area contributed by atoms with Gasteiger partial charge in [-0.1, -0.05) is 13.0 Å². The van der Waals surface area contributed by atoms with Gasteiger partial charge in [0.15, 0.2) is 5.96 Å². The maximum absolute atomic E-state index is 13.6. The highest BCUT2D eigenvalue weighted by molar-refractivity contribution is 5.80. The predicted octanol–water partition coefficient (Wildman–Crippen LogP) is 2.40. The number of nitrogens with one attached hydrogen (secondary N) is 2. The van der Waals surface area contributed by atoms with Crippen LogP contribution in [-0.4, -0.2) is 49.6 Å². The number of rotatable bonds is 5. The van der Waals surface area contributed by atoms with Crippen molar-refractivity contribution in [1.82, 2.24) is 15.5 Å². The van der Waals surface area contributed by atoms with E-state index in [1.54, 1.807) is 7.05 Å². The second-order valence-electron chi connectivity index (χ2n) is 6.72. The summed E-state index contributed by atoms with van der Waals surface area (Å²) in [5, 5.41) is 6.58. The smallest absolute Gasteiger partial charge is 0.191 e. The molecule has 2 unspecified atom stereocenters. The van der Waals surface area contributed by atoms with E-state index in [0.717, 1.165) is 13.1 Å². The molecule has 1 saturated heterocycles. The van der Waals surface area contributed by atoms with Crippen molar-refractivity contribution in [2.24, 2.45) is 10.9 Å². The minimum Gasteiger partial charge on any atom is -0.356 e. The van der Waals surface area contributed by atoms with Crippen LogP contribution in [0.1, 0.15) is 26.3 Å². The van der Waals surface area contributed by atoms with E-state index in [0.29, 0.717) is 30.5 Å². The van der Waals surface area contributed by atoms with Crippen LogP contribution in [0.3, 0.4) is 0 Å². The van der Waals surface area contributed by atoms with Crippen LogP contribution in [0.25, 0.3) is 0 Å². The molecular formula is C18H28F2N4. The number of nitrogens with zero attached hydrogens (tertiary/aromatic N) is 2. The average Bonchev–Trinajstić information content (AvgIpc) is 2.90. The number of benzene rings is 1. The van der Waals surface area contributed by atoms with E-state index < -0.39 is 11.6 Å². The van der Waals surface area contributed by atoms with Crippen LogP contribution in [0.4, 0.5) is 8.78 Å². The lowest BCUT2D eigenvalue weighted by Crippen LogP contribution is -2.47. The van der Waals surface area contributed by atoms with Gasteiger partial charge in [0.2, 0.25) is 0 Å². The van der Waals surface area contributed by atoms with Gasteiger partial charge in [-0.3, -0.25) is 9.89 Å². The maximum atomic E-state index is 13.6. The van der Waals surface area contributed by atoms with E-state index in [1.807, 2.05) is 0 Å². The maximum Gasteiger partial charge on any atom is 0.191 e. The Morgan fingerprint density at radius 3 is 2.50 bits per heavy atom. The third kappa shape index (κ3) is 4.66. The Balaban J connectivity index is 1.85. The van der Waals surface area contributed by atoms with Crippen LogP contribution >= 0.6 is 0 Å². The molecule has 2 atom stereocenters. The second kappa shape index (κ2) is 8.42. The Labute approximate surface area is 143 Å². The zero-order valence-corrected chi connectivity index (χ0v) is 14.9. The first-order valence-corrected chi connectivity index (χ1v) is 8.56. The van der Waals surface area contributed by atoms with Crippen molar-refractivity contribution in [3.05, 3.63) is 35.4 Å². The standard InChI is InChI=1S/C18H28F2N4/c1-12(2)24-10-13(3)17(11-24)23-18(21-4)22-9-8-14-15(19)6-5-7-16(14)20/h5-7,12-13,17H,8-11H2,1-4H3,(H2,21,22,23). The van der Waals surface area contributed by atoms with Gasteiger partial charge in [-0.05, 0) is 38.3 Å². The number of likely N-dealkylation sites (tertiary alicyclic amines) is 1. The highest BCUT2D eigenvalue weighted by atomic mass is 19.1. The molecule has 1 aliphatic heterocycles. The second-order valence-corrected chi connectivity index (χ2v) is 6.72. The quantitative estimate of drug-likeness (QED) is 0.640.